The maximum atomic E-state index is 6.19. The second-order valence-corrected chi connectivity index (χ2v) is 8.22. The molecule has 118 valence electrons. The number of likely N-dealkylation sites (tertiary alicyclic amines) is 1. The number of nitrogens with two attached hydrogens (primary N) is 1. The molecule has 0 aromatic carbocycles. The minimum atomic E-state index is 0.189. The van der Waals surface area contributed by atoms with Gasteiger partial charge in [0.25, 0.3) is 0 Å². The Hall–Kier alpha value is -0.120. The standard InChI is InChI=1S/C17H35N3/c1-14(2)20-10-5-7-17(13-18,9-11-20)19-15-6-8-16(3,4)12-15/h14-15,19H,5-13,18H2,1-4H3. The Balaban J connectivity index is 1.96. The van der Waals surface area contributed by atoms with Crippen molar-refractivity contribution >= 4 is 0 Å². The molecule has 2 unspecified atom stereocenters. The molecule has 20 heavy (non-hydrogen) atoms. The molecule has 2 atom stereocenters. The molecule has 0 amide bonds. The molecule has 3 N–H and O–H groups in total. The van der Waals surface area contributed by atoms with Crippen LogP contribution in [-0.4, -0.2) is 42.2 Å². The Bertz CT molecular complexity index is 313. The zero-order chi connectivity index (χ0) is 14.8. The lowest BCUT2D eigenvalue weighted by atomic mass is 9.88. The van der Waals surface area contributed by atoms with Gasteiger partial charge in [0.1, 0.15) is 0 Å². The summed E-state index contributed by atoms with van der Waals surface area (Å²) >= 11 is 0. The molecule has 0 aromatic heterocycles. The first-order valence-corrected chi connectivity index (χ1v) is 8.58. The number of nitrogens with one attached hydrogen (secondary N) is 1. The first-order valence-electron chi connectivity index (χ1n) is 8.58. The molecule has 2 aliphatic rings. The van der Waals surface area contributed by atoms with Crippen molar-refractivity contribution in [2.45, 2.75) is 83.8 Å². The summed E-state index contributed by atoms with van der Waals surface area (Å²) in [5.74, 6) is 0. The highest BCUT2D eigenvalue weighted by Crippen LogP contribution is 2.38. The van der Waals surface area contributed by atoms with E-state index in [9.17, 15) is 0 Å². The van der Waals surface area contributed by atoms with Gasteiger partial charge in [-0.1, -0.05) is 13.8 Å². The summed E-state index contributed by atoms with van der Waals surface area (Å²) in [5, 5.41) is 3.98. The van der Waals surface area contributed by atoms with Gasteiger partial charge in [-0.3, -0.25) is 0 Å². The molecule has 3 heteroatoms. The highest BCUT2D eigenvalue weighted by atomic mass is 15.2. The SMILES string of the molecule is CC(C)N1CCCC(CN)(NC2CCC(C)(C)C2)CC1. The van der Waals surface area contributed by atoms with Crippen LogP contribution in [0.25, 0.3) is 0 Å². The van der Waals surface area contributed by atoms with E-state index in [1.807, 2.05) is 0 Å². The fraction of sp³-hybridized carbons (Fsp3) is 1.00. The maximum absolute atomic E-state index is 6.19. The lowest BCUT2D eigenvalue weighted by Crippen LogP contribution is -2.55. The Morgan fingerprint density at radius 2 is 1.95 bits per heavy atom. The molecule has 1 saturated heterocycles. The van der Waals surface area contributed by atoms with Crippen molar-refractivity contribution in [3.05, 3.63) is 0 Å². The average molecular weight is 281 g/mol. The molecule has 1 saturated carbocycles. The van der Waals surface area contributed by atoms with Gasteiger partial charge >= 0.3 is 0 Å². The highest BCUT2D eigenvalue weighted by Gasteiger charge is 2.38. The van der Waals surface area contributed by atoms with Crippen LogP contribution in [0.5, 0.6) is 0 Å². The summed E-state index contributed by atoms with van der Waals surface area (Å²) in [7, 11) is 0. The summed E-state index contributed by atoms with van der Waals surface area (Å²) < 4.78 is 0. The van der Waals surface area contributed by atoms with Crippen LogP contribution in [0.1, 0.15) is 66.2 Å². The highest BCUT2D eigenvalue weighted by molar-refractivity contribution is 4.98. The molecule has 1 aliphatic carbocycles. The first-order chi connectivity index (χ1) is 9.36. The van der Waals surface area contributed by atoms with Gasteiger partial charge in [-0.15, -0.1) is 0 Å². The fourth-order valence-corrected chi connectivity index (χ4v) is 4.13. The Morgan fingerprint density at radius 1 is 1.20 bits per heavy atom. The van der Waals surface area contributed by atoms with Crippen LogP contribution in [-0.2, 0) is 0 Å². The van der Waals surface area contributed by atoms with Gasteiger partial charge in [-0.2, -0.15) is 0 Å². The van der Waals surface area contributed by atoms with Crippen LogP contribution in [0.4, 0.5) is 0 Å². The third-order valence-corrected chi connectivity index (χ3v) is 5.58. The molecular weight excluding hydrogens is 246 g/mol. The first kappa shape index (κ1) is 16.3. The monoisotopic (exact) mass is 281 g/mol. The molecule has 0 radical (unpaired) electrons. The normalized spacial score (nSPS) is 35.4. The number of rotatable bonds is 4. The number of nitrogens with zero attached hydrogens (tertiary/aromatic N) is 1. The van der Waals surface area contributed by atoms with E-state index in [0.717, 1.165) is 6.54 Å². The fourth-order valence-electron chi connectivity index (χ4n) is 4.13. The van der Waals surface area contributed by atoms with Gasteiger partial charge in [0, 0.05) is 30.7 Å². The van der Waals surface area contributed by atoms with Gasteiger partial charge in [0.2, 0.25) is 0 Å². The second kappa shape index (κ2) is 6.33. The summed E-state index contributed by atoms with van der Waals surface area (Å²) in [4.78, 5) is 2.61. The van der Waals surface area contributed by atoms with Gasteiger partial charge in [0.05, 0.1) is 0 Å². The van der Waals surface area contributed by atoms with E-state index in [1.54, 1.807) is 0 Å². The Labute approximate surface area is 125 Å². The van der Waals surface area contributed by atoms with Crippen molar-refractivity contribution in [1.29, 1.82) is 0 Å². The average Bonchev–Trinajstić information content (AvgIpc) is 2.61. The van der Waals surface area contributed by atoms with Gasteiger partial charge in [-0.25, -0.2) is 0 Å². The third-order valence-electron chi connectivity index (χ3n) is 5.58. The van der Waals surface area contributed by atoms with E-state index < -0.39 is 0 Å². The van der Waals surface area contributed by atoms with Gasteiger partial charge in [-0.05, 0) is 64.3 Å². The molecule has 2 rings (SSSR count). The van der Waals surface area contributed by atoms with Gasteiger partial charge in [0.15, 0.2) is 0 Å². The van der Waals surface area contributed by atoms with E-state index in [0.29, 0.717) is 17.5 Å². The van der Waals surface area contributed by atoms with E-state index in [1.165, 1.54) is 51.6 Å². The second-order valence-electron chi connectivity index (χ2n) is 8.22. The van der Waals surface area contributed by atoms with Crippen molar-refractivity contribution in [2.75, 3.05) is 19.6 Å². The molecule has 0 aromatic rings. The van der Waals surface area contributed by atoms with E-state index in [2.05, 4.69) is 37.9 Å². The van der Waals surface area contributed by atoms with Crippen LogP contribution < -0.4 is 11.1 Å². The third kappa shape index (κ3) is 3.96. The van der Waals surface area contributed by atoms with Crippen molar-refractivity contribution in [2.24, 2.45) is 11.1 Å². The number of hydrogen-bond donors (Lipinski definition) is 2. The Kier molecular flexibility index (Phi) is 5.14. The maximum Gasteiger partial charge on any atom is 0.0319 e. The number of hydrogen-bond acceptors (Lipinski definition) is 3. The summed E-state index contributed by atoms with van der Waals surface area (Å²) in [5.41, 5.74) is 6.90. The smallest absolute Gasteiger partial charge is 0.0319 e. The summed E-state index contributed by atoms with van der Waals surface area (Å²) in [6, 6.07) is 1.34. The lowest BCUT2D eigenvalue weighted by molar-refractivity contribution is 0.210. The minimum absolute atomic E-state index is 0.189. The van der Waals surface area contributed by atoms with Gasteiger partial charge < -0.3 is 16.0 Å². The lowest BCUT2D eigenvalue weighted by Gasteiger charge is -2.36. The molecule has 1 heterocycles. The largest absolute Gasteiger partial charge is 0.329 e. The topological polar surface area (TPSA) is 41.3 Å². The molecule has 3 nitrogen and oxygen atoms in total. The van der Waals surface area contributed by atoms with Crippen LogP contribution in [0.15, 0.2) is 0 Å². The van der Waals surface area contributed by atoms with Crippen LogP contribution in [0, 0.1) is 5.41 Å². The van der Waals surface area contributed by atoms with Crippen LogP contribution in [0.3, 0.4) is 0 Å². The molecule has 1 aliphatic heterocycles. The molecular formula is C17H35N3. The molecule has 0 bridgehead atoms. The molecule has 0 spiro atoms. The van der Waals surface area contributed by atoms with E-state index >= 15 is 0 Å². The Morgan fingerprint density at radius 3 is 2.50 bits per heavy atom. The zero-order valence-corrected chi connectivity index (χ0v) is 14.0. The van der Waals surface area contributed by atoms with Crippen molar-refractivity contribution in [3.8, 4) is 0 Å². The van der Waals surface area contributed by atoms with Crippen molar-refractivity contribution in [1.82, 2.24) is 10.2 Å². The summed E-state index contributed by atoms with van der Waals surface area (Å²) in [6.45, 7) is 12.6. The molecule has 2 fully saturated rings. The van der Waals surface area contributed by atoms with Crippen molar-refractivity contribution < 1.29 is 0 Å². The van der Waals surface area contributed by atoms with E-state index in [-0.39, 0.29) is 5.54 Å². The van der Waals surface area contributed by atoms with Crippen molar-refractivity contribution in [3.63, 3.8) is 0 Å². The summed E-state index contributed by atoms with van der Waals surface area (Å²) in [6.07, 6.45) is 7.70. The predicted molar refractivity (Wildman–Crippen MR) is 86.9 cm³/mol. The quantitative estimate of drug-likeness (QED) is 0.832. The van der Waals surface area contributed by atoms with Crippen LogP contribution in [0.2, 0.25) is 0 Å². The predicted octanol–water partition coefficient (Wildman–Crippen LogP) is 2.75. The van der Waals surface area contributed by atoms with Crippen LogP contribution >= 0.6 is 0 Å². The zero-order valence-electron chi connectivity index (χ0n) is 14.0. The minimum Gasteiger partial charge on any atom is -0.329 e. The van der Waals surface area contributed by atoms with E-state index in [4.69, 9.17) is 5.73 Å².